The van der Waals surface area contributed by atoms with E-state index >= 15 is 0 Å². The van der Waals surface area contributed by atoms with Gasteiger partial charge in [0.05, 0.1) is 0 Å². The number of carbonyl (C=O) groups excluding carboxylic acids is 2. The van der Waals surface area contributed by atoms with Gasteiger partial charge in [0.1, 0.15) is 5.34 Å². The number of imide groups is 1. The summed E-state index contributed by atoms with van der Waals surface area (Å²) in [6.45, 7) is 12.5. The molecular formula is C30H57ClNO3P. The molecule has 0 spiro atoms. The third kappa shape index (κ3) is 17.0. The standard InChI is InChI=1S/C30H57ClNO3P/c1-6-9-12-15-18-21-24-30(36-31,25-22-19-16-13-10-7-2)35-29(34)32(28(33)27(4)5)26-23-20-17-14-11-8-3/h36H,4,6-26H2,1-3,5H3. The van der Waals surface area contributed by atoms with Gasteiger partial charge in [-0.1, -0.05) is 135 Å². The van der Waals surface area contributed by atoms with Crippen molar-refractivity contribution in [3.8, 4) is 0 Å². The molecule has 0 aliphatic carbocycles. The van der Waals surface area contributed by atoms with Gasteiger partial charge in [-0.15, -0.1) is 0 Å². The summed E-state index contributed by atoms with van der Waals surface area (Å²) in [7, 11) is -0.0119. The van der Waals surface area contributed by atoms with Crippen LogP contribution >= 0.6 is 19.2 Å². The molecule has 0 aromatic heterocycles. The van der Waals surface area contributed by atoms with Crippen molar-refractivity contribution >= 4 is 31.2 Å². The van der Waals surface area contributed by atoms with Gasteiger partial charge in [-0.2, -0.15) is 0 Å². The predicted molar refractivity (Wildman–Crippen MR) is 159 cm³/mol. The molecule has 0 rings (SSSR count). The smallest absolute Gasteiger partial charge is 0.417 e. The van der Waals surface area contributed by atoms with Crippen LogP contribution in [0.25, 0.3) is 0 Å². The van der Waals surface area contributed by atoms with Gasteiger partial charge in [-0.3, -0.25) is 4.79 Å². The summed E-state index contributed by atoms with van der Waals surface area (Å²) < 4.78 is 6.18. The number of unbranched alkanes of at least 4 members (excludes halogenated alkanes) is 15. The first-order valence-corrected chi connectivity index (χ1v) is 17.0. The van der Waals surface area contributed by atoms with E-state index in [1.54, 1.807) is 6.92 Å². The highest BCUT2D eigenvalue weighted by molar-refractivity contribution is 7.69. The largest absolute Gasteiger partial charge is 0.437 e. The van der Waals surface area contributed by atoms with Crippen molar-refractivity contribution in [1.29, 1.82) is 0 Å². The minimum Gasteiger partial charge on any atom is -0.437 e. The first kappa shape index (κ1) is 35.4. The molecule has 0 saturated heterocycles. The van der Waals surface area contributed by atoms with Crippen LogP contribution in [0.1, 0.15) is 156 Å². The maximum atomic E-state index is 13.4. The van der Waals surface area contributed by atoms with Crippen molar-refractivity contribution in [1.82, 2.24) is 4.90 Å². The van der Waals surface area contributed by atoms with Crippen molar-refractivity contribution in [2.24, 2.45) is 0 Å². The van der Waals surface area contributed by atoms with Crippen molar-refractivity contribution in [3.63, 3.8) is 0 Å². The predicted octanol–water partition coefficient (Wildman–Crippen LogP) is 10.9. The Hall–Kier alpha value is -0.600. The van der Waals surface area contributed by atoms with Crippen LogP contribution in [0.15, 0.2) is 12.2 Å². The number of nitrogens with zero attached hydrogens (tertiary/aromatic N) is 1. The van der Waals surface area contributed by atoms with E-state index in [1.807, 2.05) is 0 Å². The zero-order valence-electron chi connectivity index (χ0n) is 24.1. The van der Waals surface area contributed by atoms with Crippen LogP contribution in [-0.2, 0) is 9.53 Å². The van der Waals surface area contributed by atoms with Crippen LogP contribution in [0.2, 0.25) is 0 Å². The molecule has 4 nitrogen and oxygen atoms in total. The summed E-state index contributed by atoms with van der Waals surface area (Å²) in [5.41, 5.74) is 0.365. The number of rotatable bonds is 24. The molecule has 0 radical (unpaired) electrons. The van der Waals surface area contributed by atoms with E-state index in [1.165, 1.54) is 75.5 Å². The van der Waals surface area contributed by atoms with E-state index in [-0.39, 0.29) is 13.8 Å². The normalized spacial score (nSPS) is 11.8. The van der Waals surface area contributed by atoms with E-state index < -0.39 is 11.4 Å². The number of amides is 2. The van der Waals surface area contributed by atoms with Crippen LogP contribution in [-0.4, -0.2) is 28.8 Å². The second-order valence-corrected chi connectivity index (χ2v) is 12.2. The second kappa shape index (κ2) is 23.5. The lowest BCUT2D eigenvalue weighted by atomic mass is 10.0. The SMILES string of the molecule is C=C(C)C(=O)N(CCCCCCCC)C(=O)OC(CCCCCCCC)(CCCCCCCC)PCl. The van der Waals surface area contributed by atoms with Gasteiger partial charge in [0.25, 0.3) is 5.91 Å². The van der Waals surface area contributed by atoms with E-state index in [0.29, 0.717) is 12.1 Å². The highest BCUT2D eigenvalue weighted by Crippen LogP contribution is 2.46. The lowest BCUT2D eigenvalue weighted by molar-refractivity contribution is -0.126. The number of hydrogen-bond acceptors (Lipinski definition) is 3. The number of hydrogen-bond donors (Lipinski definition) is 0. The quantitative estimate of drug-likeness (QED) is 0.0688. The fraction of sp³-hybridized carbons (Fsp3) is 0.867. The molecule has 0 aliphatic heterocycles. The maximum Gasteiger partial charge on any atom is 0.417 e. The average Bonchev–Trinajstić information content (AvgIpc) is 2.87. The Bertz CT molecular complexity index is 569. The maximum absolute atomic E-state index is 13.4. The molecule has 36 heavy (non-hydrogen) atoms. The Kier molecular flexibility index (Phi) is 23.1. The summed E-state index contributed by atoms with van der Waals surface area (Å²) >= 11 is 6.55. The summed E-state index contributed by atoms with van der Waals surface area (Å²) in [5, 5.41) is -0.678. The second-order valence-electron chi connectivity index (χ2n) is 10.5. The molecule has 0 bridgehead atoms. The molecule has 212 valence electrons. The van der Waals surface area contributed by atoms with Crippen LogP contribution in [0.5, 0.6) is 0 Å². The van der Waals surface area contributed by atoms with E-state index in [9.17, 15) is 9.59 Å². The van der Waals surface area contributed by atoms with Gasteiger partial charge in [-0.25, -0.2) is 9.69 Å². The number of ether oxygens (including phenoxy) is 1. The lowest BCUT2D eigenvalue weighted by Crippen LogP contribution is -2.43. The van der Waals surface area contributed by atoms with Crippen molar-refractivity contribution < 1.29 is 14.3 Å². The molecule has 0 fully saturated rings. The molecule has 0 aromatic carbocycles. The van der Waals surface area contributed by atoms with Crippen molar-refractivity contribution in [3.05, 3.63) is 12.2 Å². The minimum atomic E-state index is -0.678. The van der Waals surface area contributed by atoms with Gasteiger partial charge in [-0.05, 0) is 39.0 Å². The van der Waals surface area contributed by atoms with E-state index in [2.05, 4.69) is 27.4 Å². The monoisotopic (exact) mass is 545 g/mol. The van der Waals surface area contributed by atoms with Crippen LogP contribution in [0, 0.1) is 0 Å². The molecular weight excluding hydrogens is 489 g/mol. The Morgan fingerprint density at radius 1 is 0.722 bits per heavy atom. The summed E-state index contributed by atoms with van der Waals surface area (Å²) in [6, 6.07) is 0. The topological polar surface area (TPSA) is 46.6 Å². The average molecular weight is 546 g/mol. The Morgan fingerprint density at radius 3 is 1.50 bits per heavy atom. The third-order valence-electron chi connectivity index (χ3n) is 6.89. The lowest BCUT2D eigenvalue weighted by Gasteiger charge is -2.34. The summed E-state index contributed by atoms with van der Waals surface area (Å²) in [4.78, 5) is 27.5. The summed E-state index contributed by atoms with van der Waals surface area (Å²) in [6.07, 6.45) is 21.7. The highest BCUT2D eigenvalue weighted by atomic mass is 35.7. The molecule has 6 heteroatoms. The number of carbonyl (C=O) groups is 2. The van der Waals surface area contributed by atoms with Gasteiger partial charge >= 0.3 is 6.09 Å². The van der Waals surface area contributed by atoms with Gasteiger partial charge in [0.2, 0.25) is 0 Å². The van der Waals surface area contributed by atoms with Crippen LogP contribution in [0.4, 0.5) is 4.79 Å². The fourth-order valence-corrected chi connectivity index (χ4v) is 5.85. The fourth-order valence-electron chi connectivity index (χ4n) is 4.50. The van der Waals surface area contributed by atoms with Gasteiger partial charge in [0, 0.05) is 20.1 Å². The molecule has 0 aromatic rings. The molecule has 1 unspecified atom stereocenters. The Labute approximate surface area is 230 Å². The molecule has 2 amide bonds. The first-order chi connectivity index (χ1) is 17.4. The summed E-state index contributed by atoms with van der Waals surface area (Å²) in [5.74, 6) is -0.334. The molecule has 0 saturated carbocycles. The van der Waals surface area contributed by atoms with Gasteiger partial charge < -0.3 is 4.74 Å². The Balaban J connectivity index is 5.21. The van der Waals surface area contributed by atoms with Crippen LogP contribution in [0.3, 0.4) is 0 Å². The molecule has 0 aliphatic rings. The van der Waals surface area contributed by atoms with Crippen molar-refractivity contribution in [2.75, 3.05) is 6.54 Å². The van der Waals surface area contributed by atoms with Gasteiger partial charge in [0.15, 0.2) is 0 Å². The zero-order chi connectivity index (χ0) is 27.1. The van der Waals surface area contributed by atoms with Crippen LogP contribution < -0.4 is 0 Å². The molecule has 0 N–H and O–H groups in total. The highest BCUT2D eigenvalue weighted by Gasteiger charge is 2.36. The number of halogens is 1. The Morgan fingerprint density at radius 2 is 1.11 bits per heavy atom. The first-order valence-electron chi connectivity index (χ1n) is 15.0. The third-order valence-corrected chi connectivity index (χ3v) is 8.87. The molecule has 1 atom stereocenters. The van der Waals surface area contributed by atoms with Crippen molar-refractivity contribution in [2.45, 2.75) is 161 Å². The molecule has 0 heterocycles. The minimum absolute atomic E-state index is 0.0119. The zero-order valence-corrected chi connectivity index (χ0v) is 25.9. The van der Waals surface area contributed by atoms with E-state index in [4.69, 9.17) is 16.0 Å². The van der Waals surface area contributed by atoms with E-state index in [0.717, 1.165) is 57.8 Å².